The number of methoxy groups -OCH3 is 1. The van der Waals surface area contributed by atoms with Crippen molar-refractivity contribution in [2.24, 2.45) is 5.41 Å². The summed E-state index contributed by atoms with van der Waals surface area (Å²) in [7, 11) is 1.41. The number of carbonyl (C=O) groups excluding carboxylic acids is 1. The van der Waals surface area contributed by atoms with Crippen LogP contribution in [0.15, 0.2) is 24.3 Å². The van der Waals surface area contributed by atoms with Crippen molar-refractivity contribution < 1.29 is 9.53 Å². The summed E-state index contributed by atoms with van der Waals surface area (Å²) in [5, 5.41) is 3.43. The molecule has 0 saturated carbocycles. The molecule has 1 N–H and O–H groups in total. The van der Waals surface area contributed by atoms with Crippen LogP contribution in [0.1, 0.15) is 30.5 Å². The largest absolute Gasteiger partial charge is 0.466 e. The third-order valence-corrected chi connectivity index (χ3v) is 6.19. The number of nitrogens with one attached hydrogen (secondary N) is 1. The summed E-state index contributed by atoms with van der Waals surface area (Å²) in [4.78, 5) is 20.9. The van der Waals surface area contributed by atoms with E-state index in [1.807, 2.05) is 6.08 Å². The summed E-state index contributed by atoms with van der Waals surface area (Å²) in [5.74, 6) is 0.825. The predicted octanol–water partition coefficient (Wildman–Crippen LogP) is 2.07. The second-order valence-electron chi connectivity index (χ2n) is 8.21. The predicted molar refractivity (Wildman–Crippen MR) is 106 cm³/mol. The zero-order valence-electron chi connectivity index (χ0n) is 16.2. The summed E-state index contributed by atoms with van der Waals surface area (Å²) in [6.45, 7) is 7.43. The van der Waals surface area contributed by atoms with E-state index < -0.39 is 0 Å². The number of nitrogens with zero attached hydrogens (tertiary/aromatic N) is 3. The van der Waals surface area contributed by atoms with Gasteiger partial charge in [-0.2, -0.15) is 0 Å². The van der Waals surface area contributed by atoms with Crippen LogP contribution >= 0.6 is 0 Å². The molecule has 3 aliphatic rings. The Hall–Kier alpha value is -1.92. The fourth-order valence-electron chi connectivity index (χ4n) is 4.59. The molecule has 0 aliphatic carbocycles. The van der Waals surface area contributed by atoms with Crippen molar-refractivity contribution in [3.63, 3.8) is 0 Å². The molecule has 3 aliphatic heterocycles. The topological polar surface area (TPSA) is 57.7 Å². The number of hydrogen-bond acceptors (Lipinski definition) is 6. The Labute approximate surface area is 161 Å². The van der Waals surface area contributed by atoms with E-state index in [1.54, 1.807) is 0 Å². The molecular formula is C21H30N4O2. The third-order valence-electron chi connectivity index (χ3n) is 6.19. The molecular weight excluding hydrogens is 340 g/mol. The zero-order chi connectivity index (χ0) is 18.7. The first-order valence-corrected chi connectivity index (χ1v) is 10.1. The van der Waals surface area contributed by atoms with Crippen molar-refractivity contribution >= 4 is 11.8 Å². The summed E-state index contributed by atoms with van der Waals surface area (Å²) < 4.78 is 4.63. The van der Waals surface area contributed by atoms with Crippen LogP contribution in [0.5, 0.6) is 0 Å². The monoisotopic (exact) mass is 370 g/mol. The summed E-state index contributed by atoms with van der Waals surface area (Å²) in [6, 6.07) is 4.45. The Morgan fingerprint density at radius 1 is 1.30 bits per heavy atom. The van der Waals surface area contributed by atoms with Gasteiger partial charge in [-0.15, -0.1) is 0 Å². The zero-order valence-corrected chi connectivity index (χ0v) is 16.2. The van der Waals surface area contributed by atoms with Crippen molar-refractivity contribution in [3.05, 3.63) is 35.5 Å². The molecule has 1 aromatic rings. The lowest BCUT2D eigenvalue weighted by molar-refractivity contribution is -0.134. The Bertz CT molecular complexity index is 702. The van der Waals surface area contributed by atoms with Crippen molar-refractivity contribution in [1.29, 1.82) is 0 Å². The van der Waals surface area contributed by atoms with E-state index in [0.717, 1.165) is 58.1 Å². The SMILES string of the molecule is COC(=O)/C=C/CN1CC2(CCN(Cc3ccc4c(n3)NCCC4)CC2)C1. The molecule has 0 unspecified atom stereocenters. The minimum atomic E-state index is -0.274. The van der Waals surface area contributed by atoms with Gasteiger partial charge in [0.2, 0.25) is 0 Å². The van der Waals surface area contributed by atoms with Gasteiger partial charge in [0.1, 0.15) is 5.82 Å². The summed E-state index contributed by atoms with van der Waals surface area (Å²) in [6.07, 6.45) is 8.30. The molecule has 2 fully saturated rings. The number of carbonyl (C=O) groups is 1. The van der Waals surface area contributed by atoms with Crippen LogP contribution < -0.4 is 5.32 Å². The number of rotatable bonds is 5. The second-order valence-corrected chi connectivity index (χ2v) is 8.21. The lowest BCUT2D eigenvalue weighted by Crippen LogP contribution is -2.60. The highest BCUT2D eigenvalue weighted by molar-refractivity contribution is 5.81. The van der Waals surface area contributed by atoms with Gasteiger partial charge >= 0.3 is 5.97 Å². The highest BCUT2D eigenvalue weighted by Gasteiger charge is 2.44. The van der Waals surface area contributed by atoms with Crippen LogP contribution in [-0.4, -0.2) is 67.1 Å². The average molecular weight is 370 g/mol. The minimum Gasteiger partial charge on any atom is -0.466 e. The maximum atomic E-state index is 11.1. The Morgan fingerprint density at radius 3 is 2.89 bits per heavy atom. The molecule has 27 heavy (non-hydrogen) atoms. The van der Waals surface area contributed by atoms with Gasteiger partial charge in [-0.1, -0.05) is 12.1 Å². The average Bonchev–Trinajstić information content (AvgIpc) is 2.67. The Morgan fingerprint density at radius 2 is 2.11 bits per heavy atom. The number of fused-ring (bicyclic) bond motifs is 1. The van der Waals surface area contributed by atoms with E-state index in [0.29, 0.717) is 5.41 Å². The van der Waals surface area contributed by atoms with Gasteiger partial charge in [0.05, 0.1) is 12.8 Å². The van der Waals surface area contributed by atoms with Crippen molar-refractivity contribution in [2.45, 2.75) is 32.2 Å². The van der Waals surface area contributed by atoms with Gasteiger partial charge < -0.3 is 10.1 Å². The number of aromatic nitrogens is 1. The number of pyridine rings is 1. The molecule has 0 atom stereocenters. The number of anilines is 1. The molecule has 6 heteroatoms. The molecule has 0 amide bonds. The summed E-state index contributed by atoms with van der Waals surface area (Å²) >= 11 is 0. The van der Waals surface area contributed by atoms with Crippen LogP contribution in [0.2, 0.25) is 0 Å². The molecule has 0 aromatic carbocycles. The van der Waals surface area contributed by atoms with E-state index in [9.17, 15) is 4.79 Å². The molecule has 1 aromatic heterocycles. The van der Waals surface area contributed by atoms with Crippen molar-refractivity contribution in [1.82, 2.24) is 14.8 Å². The Balaban J connectivity index is 1.22. The quantitative estimate of drug-likeness (QED) is 0.633. The highest BCUT2D eigenvalue weighted by atomic mass is 16.5. The Kier molecular flexibility index (Phi) is 5.45. The first kappa shape index (κ1) is 18.4. The van der Waals surface area contributed by atoms with Gasteiger partial charge in [0.25, 0.3) is 0 Å². The maximum Gasteiger partial charge on any atom is 0.330 e. The fraction of sp³-hybridized carbons (Fsp3) is 0.619. The van der Waals surface area contributed by atoms with E-state index in [4.69, 9.17) is 4.98 Å². The normalized spacial score (nSPS) is 22.3. The molecule has 0 bridgehead atoms. The fourth-order valence-corrected chi connectivity index (χ4v) is 4.59. The standard InChI is InChI=1S/C21H30N4O2/c1-27-19(26)5-3-11-25-15-21(16-25)8-12-24(13-9-21)14-18-7-6-17-4-2-10-22-20(17)23-18/h3,5-7H,2,4,8-16H2,1H3,(H,22,23)/b5-3+. The lowest BCUT2D eigenvalue weighted by atomic mass is 9.72. The van der Waals surface area contributed by atoms with Gasteiger partial charge in [0.15, 0.2) is 0 Å². The first-order chi connectivity index (χ1) is 13.2. The molecule has 1 spiro atoms. The second kappa shape index (κ2) is 7.98. The van der Waals surface area contributed by atoms with Gasteiger partial charge in [0, 0.05) is 38.8 Å². The summed E-state index contributed by atoms with van der Waals surface area (Å²) in [5.41, 5.74) is 3.03. The molecule has 146 valence electrons. The number of ether oxygens (including phenoxy) is 1. The smallest absolute Gasteiger partial charge is 0.330 e. The number of aryl methyl sites for hydroxylation is 1. The van der Waals surface area contributed by atoms with Crippen LogP contribution in [0, 0.1) is 5.41 Å². The van der Waals surface area contributed by atoms with E-state index in [1.165, 1.54) is 43.7 Å². The van der Waals surface area contributed by atoms with Crippen molar-refractivity contribution in [3.8, 4) is 0 Å². The van der Waals surface area contributed by atoms with Crippen LogP contribution in [0.25, 0.3) is 0 Å². The third kappa shape index (κ3) is 4.33. The minimum absolute atomic E-state index is 0.274. The van der Waals surface area contributed by atoms with Crippen molar-refractivity contribution in [2.75, 3.05) is 51.7 Å². The van der Waals surface area contributed by atoms with Gasteiger partial charge in [-0.25, -0.2) is 9.78 Å². The van der Waals surface area contributed by atoms with Crippen LogP contribution in [0.4, 0.5) is 5.82 Å². The van der Waals surface area contributed by atoms with Gasteiger partial charge in [-0.3, -0.25) is 9.80 Å². The van der Waals surface area contributed by atoms with Gasteiger partial charge in [-0.05, 0) is 55.8 Å². The van der Waals surface area contributed by atoms with E-state index in [-0.39, 0.29) is 5.97 Å². The number of hydrogen-bond donors (Lipinski definition) is 1. The molecule has 0 radical (unpaired) electrons. The van der Waals surface area contributed by atoms with E-state index in [2.05, 4.69) is 32.0 Å². The number of likely N-dealkylation sites (tertiary alicyclic amines) is 2. The molecule has 4 rings (SSSR count). The lowest BCUT2D eigenvalue weighted by Gasteiger charge is -2.54. The highest BCUT2D eigenvalue weighted by Crippen LogP contribution is 2.40. The molecule has 4 heterocycles. The van der Waals surface area contributed by atoms with Crippen LogP contribution in [0.3, 0.4) is 0 Å². The van der Waals surface area contributed by atoms with E-state index >= 15 is 0 Å². The molecule has 6 nitrogen and oxygen atoms in total. The maximum absolute atomic E-state index is 11.1. The number of piperidine rings is 1. The first-order valence-electron chi connectivity index (χ1n) is 10.1. The number of esters is 1. The van der Waals surface area contributed by atoms with Crippen LogP contribution in [-0.2, 0) is 22.5 Å². The molecule has 2 saturated heterocycles.